The molecule has 1 aromatic carbocycles. The van der Waals surface area contributed by atoms with Crippen LogP contribution >= 0.6 is 11.8 Å². The van der Waals surface area contributed by atoms with Gasteiger partial charge in [0.15, 0.2) is 0 Å². The van der Waals surface area contributed by atoms with E-state index in [0.717, 1.165) is 12.2 Å². The number of aliphatic hydroxyl groups is 1. The highest BCUT2D eigenvalue weighted by atomic mass is 32.2. The Morgan fingerprint density at radius 3 is 2.73 bits per heavy atom. The van der Waals surface area contributed by atoms with Crippen molar-refractivity contribution in [1.29, 1.82) is 0 Å². The first-order valence-electron chi connectivity index (χ1n) is 5.15. The molecule has 0 aliphatic heterocycles. The van der Waals surface area contributed by atoms with E-state index in [4.69, 9.17) is 9.84 Å². The average Bonchev–Trinajstić information content (AvgIpc) is 2.28. The van der Waals surface area contributed by atoms with Crippen molar-refractivity contribution in [3.05, 3.63) is 23.8 Å². The summed E-state index contributed by atoms with van der Waals surface area (Å²) in [6.07, 6.45) is 0.963. The maximum absolute atomic E-state index is 8.98. The second kappa shape index (κ2) is 6.03. The Kier molecular flexibility index (Phi) is 4.99. The molecule has 1 atom stereocenters. The summed E-state index contributed by atoms with van der Waals surface area (Å²) in [4.78, 5) is 1.19. The molecule has 0 amide bonds. The minimum absolute atomic E-state index is 0.207. The molecule has 0 fully saturated rings. The minimum atomic E-state index is 0.207. The van der Waals surface area contributed by atoms with Crippen molar-refractivity contribution in [1.82, 2.24) is 0 Å². The Balaban J connectivity index is 2.83. The van der Waals surface area contributed by atoms with Crippen molar-refractivity contribution < 1.29 is 9.84 Å². The van der Waals surface area contributed by atoms with Crippen molar-refractivity contribution >= 4 is 11.8 Å². The van der Waals surface area contributed by atoms with Crippen molar-refractivity contribution in [2.24, 2.45) is 0 Å². The van der Waals surface area contributed by atoms with Crippen LogP contribution in [0.25, 0.3) is 0 Å². The van der Waals surface area contributed by atoms with E-state index in [9.17, 15) is 0 Å². The molecule has 1 N–H and O–H groups in total. The van der Waals surface area contributed by atoms with Crippen LogP contribution in [0.5, 0.6) is 5.75 Å². The van der Waals surface area contributed by atoms with Crippen LogP contribution in [0.1, 0.15) is 19.4 Å². The Morgan fingerprint density at radius 1 is 1.47 bits per heavy atom. The molecule has 0 aromatic heterocycles. The number of aliphatic hydroxyl groups excluding tert-OH is 1. The van der Waals surface area contributed by atoms with E-state index < -0.39 is 0 Å². The standard InChI is InChI=1S/C12H18O2S/c1-4-10-7-11(15-9(2)8-13)5-6-12(10)14-3/h5-7,9,13H,4,8H2,1-3H3. The number of hydrogen-bond acceptors (Lipinski definition) is 3. The van der Waals surface area contributed by atoms with Gasteiger partial charge in [-0.25, -0.2) is 0 Å². The summed E-state index contributed by atoms with van der Waals surface area (Å²) in [5.74, 6) is 0.943. The highest BCUT2D eigenvalue weighted by Crippen LogP contribution is 2.28. The zero-order valence-corrected chi connectivity index (χ0v) is 10.3. The van der Waals surface area contributed by atoms with Crippen molar-refractivity contribution in [3.8, 4) is 5.75 Å². The highest BCUT2D eigenvalue weighted by Gasteiger charge is 2.06. The molecule has 1 unspecified atom stereocenters. The SMILES string of the molecule is CCc1cc(SC(C)CO)ccc1OC. The van der Waals surface area contributed by atoms with Gasteiger partial charge in [-0.05, 0) is 30.2 Å². The van der Waals surface area contributed by atoms with Gasteiger partial charge in [0.25, 0.3) is 0 Å². The summed E-state index contributed by atoms with van der Waals surface area (Å²) < 4.78 is 5.26. The van der Waals surface area contributed by atoms with Crippen LogP contribution in [0.2, 0.25) is 0 Å². The largest absolute Gasteiger partial charge is 0.496 e. The molecule has 0 radical (unpaired) electrons. The first-order chi connectivity index (χ1) is 7.21. The predicted molar refractivity (Wildman–Crippen MR) is 64.8 cm³/mol. The van der Waals surface area contributed by atoms with Gasteiger partial charge in [0.2, 0.25) is 0 Å². The van der Waals surface area contributed by atoms with Crippen molar-refractivity contribution in [2.75, 3.05) is 13.7 Å². The predicted octanol–water partition coefficient (Wildman–Crippen LogP) is 2.73. The fraction of sp³-hybridized carbons (Fsp3) is 0.500. The first-order valence-corrected chi connectivity index (χ1v) is 6.03. The summed E-state index contributed by atoms with van der Waals surface area (Å²) in [6, 6.07) is 6.16. The van der Waals surface area contributed by atoms with Gasteiger partial charge in [-0.3, -0.25) is 0 Å². The van der Waals surface area contributed by atoms with Crippen LogP contribution in [0.3, 0.4) is 0 Å². The molecule has 0 heterocycles. The summed E-state index contributed by atoms with van der Waals surface area (Å²) in [6.45, 7) is 4.33. The fourth-order valence-electron chi connectivity index (χ4n) is 1.37. The number of ether oxygens (including phenoxy) is 1. The lowest BCUT2D eigenvalue weighted by Gasteiger charge is -2.11. The second-order valence-electron chi connectivity index (χ2n) is 3.44. The van der Waals surface area contributed by atoms with Crippen LogP contribution in [-0.2, 0) is 6.42 Å². The molecule has 2 nitrogen and oxygen atoms in total. The zero-order valence-electron chi connectivity index (χ0n) is 9.49. The number of hydrogen-bond donors (Lipinski definition) is 1. The summed E-state index contributed by atoms with van der Waals surface area (Å²) in [7, 11) is 1.69. The average molecular weight is 226 g/mol. The molecular formula is C12H18O2S. The Hall–Kier alpha value is -0.670. The van der Waals surface area contributed by atoms with Gasteiger partial charge in [0.05, 0.1) is 13.7 Å². The van der Waals surface area contributed by atoms with Crippen LogP contribution < -0.4 is 4.74 Å². The monoisotopic (exact) mass is 226 g/mol. The lowest BCUT2D eigenvalue weighted by molar-refractivity contribution is 0.300. The summed E-state index contributed by atoms with van der Waals surface area (Å²) in [5.41, 5.74) is 1.22. The molecule has 0 aliphatic rings. The van der Waals surface area contributed by atoms with Crippen LogP contribution in [-0.4, -0.2) is 24.1 Å². The lowest BCUT2D eigenvalue weighted by Crippen LogP contribution is -2.01. The van der Waals surface area contributed by atoms with Crippen molar-refractivity contribution in [3.63, 3.8) is 0 Å². The number of methoxy groups -OCH3 is 1. The molecule has 3 heteroatoms. The minimum Gasteiger partial charge on any atom is -0.496 e. The van der Waals surface area contributed by atoms with Gasteiger partial charge >= 0.3 is 0 Å². The smallest absolute Gasteiger partial charge is 0.122 e. The van der Waals surface area contributed by atoms with E-state index in [1.165, 1.54) is 10.5 Å². The molecule has 0 spiro atoms. The summed E-state index contributed by atoms with van der Waals surface area (Å²) in [5, 5.41) is 9.22. The molecule has 1 rings (SSSR count). The van der Waals surface area contributed by atoms with Crippen LogP contribution in [0.15, 0.2) is 23.1 Å². The molecular weight excluding hydrogens is 208 g/mol. The van der Waals surface area contributed by atoms with E-state index >= 15 is 0 Å². The highest BCUT2D eigenvalue weighted by molar-refractivity contribution is 8.00. The van der Waals surface area contributed by atoms with Crippen molar-refractivity contribution in [2.45, 2.75) is 30.4 Å². The molecule has 0 saturated heterocycles. The maximum Gasteiger partial charge on any atom is 0.122 e. The molecule has 84 valence electrons. The Labute approximate surface area is 95.7 Å². The van der Waals surface area contributed by atoms with E-state index in [1.54, 1.807) is 18.9 Å². The quantitative estimate of drug-likeness (QED) is 0.783. The number of aryl methyl sites for hydroxylation is 1. The van der Waals surface area contributed by atoms with E-state index in [2.05, 4.69) is 13.0 Å². The van der Waals surface area contributed by atoms with Crippen LogP contribution in [0, 0.1) is 0 Å². The molecule has 0 bridgehead atoms. The van der Waals surface area contributed by atoms with E-state index in [0.29, 0.717) is 0 Å². The van der Waals surface area contributed by atoms with Gasteiger partial charge in [-0.1, -0.05) is 13.8 Å². The normalized spacial score (nSPS) is 12.5. The van der Waals surface area contributed by atoms with Crippen LogP contribution in [0.4, 0.5) is 0 Å². The first kappa shape index (κ1) is 12.4. The number of benzene rings is 1. The second-order valence-corrected chi connectivity index (χ2v) is 4.95. The van der Waals surface area contributed by atoms with E-state index in [-0.39, 0.29) is 11.9 Å². The van der Waals surface area contributed by atoms with E-state index in [1.807, 2.05) is 19.1 Å². The molecule has 15 heavy (non-hydrogen) atoms. The number of thioether (sulfide) groups is 1. The topological polar surface area (TPSA) is 29.5 Å². The van der Waals surface area contributed by atoms with Gasteiger partial charge in [-0.15, -0.1) is 11.8 Å². The Bertz CT molecular complexity index is 312. The Morgan fingerprint density at radius 2 is 2.20 bits per heavy atom. The third kappa shape index (κ3) is 3.43. The third-order valence-corrected chi connectivity index (χ3v) is 3.30. The lowest BCUT2D eigenvalue weighted by atomic mass is 10.1. The van der Waals surface area contributed by atoms with Gasteiger partial charge < -0.3 is 9.84 Å². The molecule has 0 aliphatic carbocycles. The van der Waals surface area contributed by atoms with Gasteiger partial charge in [-0.2, -0.15) is 0 Å². The third-order valence-electron chi connectivity index (χ3n) is 2.23. The van der Waals surface area contributed by atoms with Gasteiger partial charge in [0.1, 0.15) is 5.75 Å². The van der Waals surface area contributed by atoms with Gasteiger partial charge in [0, 0.05) is 10.1 Å². The maximum atomic E-state index is 8.98. The zero-order chi connectivity index (χ0) is 11.3. The fourth-order valence-corrected chi connectivity index (χ4v) is 2.27. The molecule has 1 aromatic rings. The molecule has 0 saturated carbocycles. The number of rotatable bonds is 5. The summed E-state index contributed by atoms with van der Waals surface area (Å²) >= 11 is 1.69.